The van der Waals surface area contributed by atoms with Crippen LogP contribution in [0.2, 0.25) is 0 Å². The van der Waals surface area contributed by atoms with Gasteiger partial charge in [0.05, 0.1) is 26.6 Å². The third-order valence-corrected chi connectivity index (χ3v) is 2.18. The Bertz CT molecular complexity index is 487. The largest absolute Gasteiger partial charge is 0.497 e. The lowest BCUT2D eigenvalue weighted by Gasteiger charge is -1.96. The number of hydrogen-bond acceptors (Lipinski definition) is 3. The number of rotatable bonds is 3. The summed E-state index contributed by atoms with van der Waals surface area (Å²) >= 11 is 0. The van der Waals surface area contributed by atoms with Crippen LogP contribution in [0, 0.1) is 0 Å². The van der Waals surface area contributed by atoms with Crippen molar-refractivity contribution in [3.63, 3.8) is 0 Å². The molecule has 0 unspecified atom stereocenters. The van der Waals surface area contributed by atoms with Crippen LogP contribution in [0.5, 0.6) is 5.75 Å². The van der Waals surface area contributed by atoms with Crippen LogP contribution in [-0.4, -0.2) is 12.1 Å². The molecule has 0 aliphatic rings. The van der Waals surface area contributed by atoms with Crippen LogP contribution in [0.25, 0.3) is 0 Å². The normalized spacial score (nSPS) is 10.9. The summed E-state index contributed by atoms with van der Waals surface area (Å²) in [5.41, 5.74) is 0.787. The van der Waals surface area contributed by atoms with Gasteiger partial charge in [-0.15, -0.1) is 0 Å². The van der Waals surface area contributed by atoms with Crippen LogP contribution < -0.4 is 9.30 Å². The Morgan fingerprint density at radius 3 is 2.50 bits per heavy atom. The molecule has 0 saturated carbocycles. The molecule has 1 N–H and O–H groups in total. The van der Waals surface area contributed by atoms with Crippen molar-refractivity contribution in [2.24, 2.45) is 17.3 Å². The summed E-state index contributed by atoms with van der Waals surface area (Å²) in [6.07, 6.45) is 3.69. The molecule has 2 aromatic rings. The number of methoxy groups -OCH3 is 1. The van der Waals surface area contributed by atoms with Gasteiger partial charge >= 0.3 is 5.95 Å². The minimum atomic E-state index is 0.704. The predicted octanol–water partition coefficient (Wildman–Crippen LogP) is 2.26. The summed E-state index contributed by atoms with van der Waals surface area (Å²) < 4.78 is 6.91. The molecule has 1 heterocycles. The van der Waals surface area contributed by atoms with E-state index in [0.29, 0.717) is 5.95 Å². The molecule has 1 aromatic carbocycles. The third-order valence-electron chi connectivity index (χ3n) is 2.18. The second-order valence-corrected chi connectivity index (χ2v) is 3.29. The summed E-state index contributed by atoms with van der Waals surface area (Å²) in [6, 6.07) is 7.41. The average molecular weight is 217 g/mol. The van der Waals surface area contributed by atoms with Crippen molar-refractivity contribution in [1.82, 2.24) is 4.98 Å². The molecule has 0 aliphatic heterocycles. The first-order chi connectivity index (χ1) is 7.79. The molecule has 16 heavy (non-hydrogen) atoms. The number of azo groups is 1. The standard InChI is InChI=1S/C11H12N4O/c1-15-8-7-12-11(15)14-13-9-3-5-10(16-2)6-4-9/h3-8H,1-2H3/p+1/b14-13+. The zero-order valence-corrected chi connectivity index (χ0v) is 9.21. The first-order valence-electron chi connectivity index (χ1n) is 4.88. The van der Waals surface area contributed by atoms with E-state index in [2.05, 4.69) is 15.2 Å². The fourth-order valence-electron chi connectivity index (χ4n) is 1.25. The van der Waals surface area contributed by atoms with E-state index in [0.717, 1.165) is 11.4 Å². The Morgan fingerprint density at radius 1 is 1.19 bits per heavy atom. The quantitative estimate of drug-likeness (QED) is 0.622. The van der Waals surface area contributed by atoms with Crippen LogP contribution >= 0.6 is 0 Å². The highest BCUT2D eigenvalue weighted by molar-refractivity contribution is 5.40. The second kappa shape index (κ2) is 4.57. The van der Waals surface area contributed by atoms with Gasteiger partial charge in [-0.2, -0.15) is 0 Å². The fourth-order valence-corrected chi connectivity index (χ4v) is 1.25. The third kappa shape index (κ3) is 2.25. The van der Waals surface area contributed by atoms with E-state index in [1.54, 1.807) is 7.11 Å². The zero-order valence-electron chi connectivity index (χ0n) is 9.21. The molecule has 0 spiro atoms. The van der Waals surface area contributed by atoms with Crippen LogP contribution in [0.3, 0.4) is 0 Å². The van der Waals surface area contributed by atoms with Gasteiger partial charge in [0.1, 0.15) is 11.4 Å². The van der Waals surface area contributed by atoms with Crippen LogP contribution in [-0.2, 0) is 7.05 Å². The summed E-state index contributed by atoms with van der Waals surface area (Å²) in [5.74, 6) is 1.51. The minimum Gasteiger partial charge on any atom is -0.497 e. The molecule has 2 rings (SSSR count). The summed E-state index contributed by atoms with van der Waals surface area (Å²) in [7, 11) is 3.54. The SMILES string of the molecule is COc1ccc(/N=N/c2[nH]cc[n+]2C)cc1. The number of hydrogen-bond donors (Lipinski definition) is 1. The van der Waals surface area contributed by atoms with Crippen LogP contribution in [0.1, 0.15) is 0 Å². The maximum atomic E-state index is 5.06. The Labute approximate surface area is 93.4 Å². The lowest BCUT2D eigenvalue weighted by molar-refractivity contribution is -0.657. The summed E-state index contributed by atoms with van der Waals surface area (Å²) in [5, 5.41) is 8.19. The molecule has 0 saturated heterocycles. The number of aryl methyl sites for hydroxylation is 1. The summed E-state index contributed by atoms with van der Waals surface area (Å²) in [4.78, 5) is 2.98. The molecule has 0 atom stereocenters. The fraction of sp³-hybridized carbons (Fsp3) is 0.182. The Balaban J connectivity index is 2.14. The molecule has 82 valence electrons. The van der Waals surface area contributed by atoms with E-state index in [1.807, 2.05) is 48.3 Å². The minimum absolute atomic E-state index is 0.704. The number of benzene rings is 1. The van der Waals surface area contributed by atoms with Crippen molar-refractivity contribution in [3.8, 4) is 5.75 Å². The lowest BCUT2D eigenvalue weighted by atomic mass is 10.3. The first kappa shape index (κ1) is 10.4. The van der Waals surface area contributed by atoms with Gasteiger partial charge < -0.3 is 4.74 Å². The molecule has 5 heteroatoms. The van der Waals surface area contributed by atoms with Gasteiger partial charge in [0.25, 0.3) is 0 Å². The molecular formula is C11H13N4O+. The number of ether oxygens (including phenoxy) is 1. The Morgan fingerprint density at radius 2 is 1.94 bits per heavy atom. The Hall–Kier alpha value is -2.17. The number of nitrogens with one attached hydrogen (secondary N) is 1. The molecule has 5 nitrogen and oxygen atoms in total. The van der Waals surface area contributed by atoms with E-state index < -0.39 is 0 Å². The van der Waals surface area contributed by atoms with E-state index >= 15 is 0 Å². The van der Waals surface area contributed by atoms with Crippen molar-refractivity contribution >= 4 is 11.6 Å². The van der Waals surface area contributed by atoms with Crippen LogP contribution in [0.4, 0.5) is 11.6 Å². The topological polar surface area (TPSA) is 53.6 Å². The second-order valence-electron chi connectivity index (χ2n) is 3.29. The molecule has 0 radical (unpaired) electrons. The highest BCUT2D eigenvalue weighted by atomic mass is 16.5. The zero-order chi connectivity index (χ0) is 11.4. The van der Waals surface area contributed by atoms with Gasteiger partial charge in [-0.1, -0.05) is 5.11 Å². The van der Waals surface area contributed by atoms with Gasteiger partial charge in [0, 0.05) is 5.11 Å². The van der Waals surface area contributed by atoms with E-state index in [1.165, 1.54) is 0 Å². The van der Waals surface area contributed by atoms with E-state index in [-0.39, 0.29) is 0 Å². The number of H-pyrrole nitrogens is 1. The van der Waals surface area contributed by atoms with Crippen molar-refractivity contribution in [2.75, 3.05) is 7.11 Å². The highest BCUT2D eigenvalue weighted by Gasteiger charge is 2.04. The van der Waals surface area contributed by atoms with Gasteiger partial charge in [-0.25, -0.2) is 9.55 Å². The molecule has 1 aromatic heterocycles. The van der Waals surface area contributed by atoms with Crippen molar-refractivity contribution < 1.29 is 9.30 Å². The Kier molecular flexibility index (Phi) is 2.95. The van der Waals surface area contributed by atoms with Crippen molar-refractivity contribution in [2.45, 2.75) is 0 Å². The van der Waals surface area contributed by atoms with Crippen molar-refractivity contribution in [1.29, 1.82) is 0 Å². The number of aromatic amines is 1. The van der Waals surface area contributed by atoms with Crippen LogP contribution in [0.15, 0.2) is 46.9 Å². The van der Waals surface area contributed by atoms with Gasteiger partial charge in [-0.05, 0) is 24.3 Å². The van der Waals surface area contributed by atoms with Gasteiger partial charge in [-0.3, -0.25) is 0 Å². The van der Waals surface area contributed by atoms with E-state index in [9.17, 15) is 0 Å². The lowest BCUT2D eigenvalue weighted by Crippen LogP contribution is -2.24. The molecule has 0 aliphatic carbocycles. The first-order valence-corrected chi connectivity index (χ1v) is 4.88. The van der Waals surface area contributed by atoms with Gasteiger partial charge in [0.2, 0.25) is 0 Å². The highest BCUT2D eigenvalue weighted by Crippen LogP contribution is 2.18. The van der Waals surface area contributed by atoms with Gasteiger partial charge in [0.15, 0.2) is 0 Å². The number of nitrogens with zero attached hydrogens (tertiary/aromatic N) is 3. The molecule has 0 bridgehead atoms. The molecular weight excluding hydrogens is 204 g/mol. The molecule has 0 fully saturated rings. The number of aromatic nitrogens is 2. The van der Waals surface area contributed by atoms with E-state index in [4.69, 9.17) is 4.74 Å². The number of imidazole rings is 1. The average Bonchev–Trinajstić information content (AvgIpc) is 2.73. The maximum absolute atomic E-state index is 5.06. The monoisotopic (exact) mass is 217 g/mol. The summed E-state index contributed by atoms with van der Waals surface area (Å²) in [6.45, 7) is 0. The predicted molar refractivity (Wildman–Crippen MR) is 59.1 cm³/mol. The van der Waals surface area contributed by atoms with Crippen molar-refractivity contribution in [3.05, 3.63) is 36.7 Å². The smallest absolute Gasteiger partial charge is 0.418 e. The molecule has 0 amide bonds. The maximum Gasteiger partial charge on any atom is 0.418 e.